The van der Waals surface area contributed by atoms with Crippen molar-refractivity contribution in [3.05, 3.63) is 35.9 Å². The van der Waals surface area contributed by atoms with Crippen LogP contribution in [-0.4, -0.2) is 58.9 Å². The van der Waals surface area contributed by atoms with Crippen LogP contribution in [0.5, 0.6) is 0 Å². The van der Waals surface area contributed by atoms with Crippen LogP contribution in [0.15, 0.2) is 30.3 Å². The molecule has 0 spiro atoms. The molecule has 2 N–H and O–H groups in total. The van der Waals surface area contributed by atoms with Gasteiger partial charge in [0.1, 0.15) is 0 Å². The Morgan fingerprint density at radius 2 is 1.75 bits per heavy atom. The van der Waals surface area contributed by atoms with Crippen LogP contribution in [0.2, 0.25) is 0 Å². The molecule has 1 aromatic carbocycles. The van der Waals surface area contributed by atoms with Crippen molar-refractivity contribution in [2.24, 2.45) is 0 Å². The maximum absolute atomic E-state index is 10.4. The van der Waals surface area contributed by atoms with E-state index in [4.69, 9.17) is 10.00 Å². The molecule has 0 aliphatic heterocycles. The summed E-state index contributed by atoms with van der Waals surface area (Å²) in [5.74, 6) is -1.22. The summed E-state index contributed by atoms with van der Waals surface area (Å²) in [6.07, 6.45) is 0. The third-order valence-corrected chi connectivity index (χ3v) is 2.15. The standard InChI is InChI=1S/C7H9O3P.Ba.2H/c8-7(11(9)10)6-4-2-1-3-5-6;;;/h1-5,7-8,11H,(H,9,10);;;. The minimum absolute atomic E-state index is 0. The van der Waals surface area contributed by atoms with Crippen molar-refractivity contribution in [1.82, 2.24) is 0 Å². The number of hydrogen-bond donors (Lipinski definition) is 2. The van der Waals surface area contributed by atoms with Gasteiger partial charge in [-0.2, -0.15) is 0 Å². The quantitative estimate of drug-likeness (QED) is 0.607. The summed E-state index contributed by atoms with van der Waals surface area (Å²) >= 11 is 0. The molecule has 0 saturated carbocycles. The first-order chi connectivity index (χ1) is 5.22. The molecule has 64 valence electrons. The van der Waals surface area contributed by atoms with E-state index in [1.165, 1.54) is 0 Å². The molecule has 2 unspecified atom stereocenters. The van der Waals surface area contributed by atoms with Gasteiger partial charge in [0, 0.05) is 0 Å². The minimum atomic E-state index is -2.86. The molecule has 0 aromatic heterocycles. The van der Waals surface area contributed by atoms with Crippen molar-refractivity contribution in [3.8, 4) is 0 Å². The normalized spacial score (nSPS) is 14.5. The van der Waals surface area contributed by atoms with Crippen LogP contribution < -0.4 is 0 Å². The van der Waals surface area contributed by atoms with E-state index in [9.17, 15) is 4.57 Å². The van der Waals surface area contributed by atoms with E-state index in [0.29, 0.717) is 5.56 Å². The van der Waals surface area contributed by atoms with Crippen LogP contribution in [-0.2, 0) is 4.57 Å². The summed E-state index contributed by atoms with van der Waals surface area (Å²) in [6.45, 7) is 0. The molecule has 0 aliphatic carbocycles. The van der Waals surface area contributed by atoms with E-state index in [-0.39, 0.29) is 48.9 Å². The van der Waals surface area contributed by atoms with Crippen LogP contribution in [0.4, 0.5) is 0 Å². The molecular weight excluding hydrogens is 300 g/mol. The van der Waals surface area contributed by atoms with Crippen LogP contribution in [0.25, 0.3) is 0 Å². The molecule has 5 heteroatoms. The zero-order chi connectivity index (χ0) is 8.27. The average molecular weight is 311 g/mol. The second-order valence-electron chi connectivity index (χ2n) is 2.15. The van der Waals surface area contributed by atoms with E-state index >= 15 is 0 Å². The third kappa shape index (κ3) is 3.77. The summed E-state index contributed by atoms with van der Waals surface area (Å²) in [4.78, 5) is 8.57. The predicted molar refractivity (Wildman–Crippen MR) is 51.2 cm³/mol. The molecule has 0 radical (unpaired) electrons. The van der Waals surface area contributed by atoms with Gasteiger partial charge in [0.15, 0.2) is 5.85 Å². The van der Waals surface area contributed by atoms with Crippen molar-refractivity contribution in [2.45, 2.75) is 5.85 Å². The molecule has 0 fully saturated rings. The first-order valence-corrected chi connectivity index (χ1v) is 4.61. The molecule has 0 amide bonds. The summed E-state index contributed by atoms with van der Waals surface area (Å²) in [5, 5.41) is 9.08. The van der Waals surface area contributed by atoms with Gasteiger partial charge in [0.25, 0.3) is 0 Å². The fourth-order valence-electron chi connectivity index (χ4n) is 0.778. The van der Waals surface area contributed by atoms with Crippen LogP contribution in [0, 0.1) is 0 Å². The molecule has 0 bridgehead atoms. The third-order valence-electron chi connectivity index (χ3n) is 1.35. The Kier molecular flexibility index (Phi) is 6.91. The van der Waals surface area contributed by atoms with Gasteiger partial charge >= 0.3 is 48.9 Å². The van der Waals surface area contributed by atoms with Crippen molar-refractivity contribution in [1.29, 1.82) is 0 Å². The molecule has 0 aliphatic rings. The first-order valence-electron chi connectivity index (χ1n) is 3.17. The number of aliphatic hydroxyl groups excluding tert-OH is 1. The fraction of sp³-hybridized carbons (Fsp3) is 0.143. The number of aliphatic hydroxyl groups is 1. The van der Waals surface area contributed by atoms with Crippen LogP contribution in [0.1, 0.15) is 11.4 Å². The number of benzene rings is 1. The predicted octanol–water partition coefficient (Wildman–Crippen LogP) is 0.228. The van der Waals surface area contributed by atoms with Crippen molar-refractivity contribution < 1.29 is 14.6 Å². The van der Waals surface area contributed by atoms with Crippen molar-refractivity contribution in [3.63, 3.8) is 0 Å². The summed E-state index contributed by atoms with van der Waals surface area (Å²) in [6, 6.07) is 8.43. The zero-order valence-corrected chi connectivity index (χ0v) is 6.77. The Hall–Kier alpha value is 0.941. The van der Waals surface area contributed by atoms with Gasteiger partial charge < -0.3 is 10.00 Å². The topological polar surface area (TPSA) is 57.5 Å². The molecule has 2 atom stereocenters. The number of hydrogen-bond acceptors (Lipinski definition) is 2. The number of rotatable bonds is 2. The maximum atomic E-state index is 10.4. The van der Waals surface area contributed by atoms with Gasteiger partial charge in [0.2, 0.25) is 8.03 Å². The summed E-state index contributed by atoms with van der Waals surface area (Å²) in [7, 11) is -2.86. The molecule has 3 nitrogen and oxygen atoms in total. The van der Waals surface area contributed by atoms with Crippen LogP contribution in [0.3, 0.4) is 0 Å². The molecule has 1 aromatic rings. The molecule has 0 heterocycles. The Morgan fingerprint density at radius 3 is 2.17 bits per heavy atom. The van der Waals surface area contributed by atoms with E-state index in [1.54, 1.807) is 30.3 Å². The Bertz CT molecular complexity index is 252. The van der Waals surface area contributed by atoms with E-state index in [1.807, 2.05) is 0 Å². The van der Waals surface area contributed by atoms with Gasteiger partial charge in [0.05, 0.1) is 0 Å². The Balaban J connectivity index is 0.00000121. The molecule has 12 heavy (non-hydrogen) atoms. The van der Waals surface area contributed by atoms with E-state index in [2.05, 4.69) is 0 Å². The van der Waals surface area contributed by atoms with Gasteiger partial charge in [-0.15, -0.1) is 0 Å². The average Bonchev–Trinajstić information content (AvgIpc) is 2.05. The monoisotopic (exact) mass is 312 g/mol. The molecular formula is C7H11BaO3P. The van der Waals surface area contributed by atoms with E-state index in [0.717, 1.165) is 0 Å². The zero-order valence-electron chi connectivity index (χ0n) is 5.77. The fourth-order valence-corrected chi connectivity index (χ4v) is 1.26. The SMILES string of the molecule is O=[PH](O)C(O)c1ccccc1.[BaH2]. The van der Waals surface area contributed by atoms with Crippen molar-refractivity contribution in [2.75, 3.05) is 0 Å². The van der Waals surface area contributed by atoms with Gasteiger partial charge in [-0.25, -0.2) is 0 Å². The first kappa shape index (κ1) is 12.9. The molecule has 1 rings (SSSR count). The van der Waals surface area contributed by atoms with Gasteiger partial charge in [-0.1, -0.05) is 30.3 Å². The van der Waals surface area contributed by atoms with Crippen LogP contribution >= 0.6 is 8.03 Å². The Labute approximate surface area is 112 Å². The van der Waals surface area contributed by atoms with E-state index < -0.39 is 13.9 Å². The summed E-state index contributed by atoms with van der Waals surface area (Å²) in [5.41, 5.74) is 0.485. The Morgan fingerprint density at radius 1 is 1.25 bits per heavy atom. The second-order valence-corrected chi connectivity index (χ2v) is 3.37. The van der Waals surface area contributed by atoms with Crippen molar-refractivity contribution >= 4 is 56.9 Å². The van der Waals surface area contributed by atoms with Gasteiger partial charge in [-0.05, 0) is 5.56 Å². The molecule has 0 saturated heterocycles. The second kappa shape index (κ2) is 6.40. The summed E-state index contributed by atoms with van der Waals surface area (Å²) < 4.78 is 10.4. The van der Waals surface area contributed by atoms with Gasteiger partial charge in [-0.3, -0.25) is 4.57 Å².